The molecule has 27 heavy (non-hydrogen) atoms. The lowest BCUT2D eigenvalue weighted by Gasteiger charge is -2.26. The minimum atomic E-state index is -3.52. The van der Waals surface area contributed by atoms with Crippen LogP contribution in [0.3, 0.4) is 0 Å². The number of benzene rings is 1. The number of nitrogens with zero attached hydrogens (tertiary/aromatic N) is 3. The number of anilines is 1. The van der Waals surface area contributed by atoms with Crippen LogP contribution in [0.5, 0.6) is 0 Å². The minimum absolute atomic E-state index is 0.199. The SMILES string of the molecule is CC(Sc1nccn1C)C(=O)Nc1cccc(S(=O)(=O)N2CCCCC2)c1. The van der Waals surface area contributed by atoms with Crippen LogP contribution < -0.4 is 5.32 Å². The van der Waals surface area contributed by atoms with Gasteiger partial charge in [0.1, 0.15) is 0 Å². The van der Waals surface area contributed by atoms with Gasteiger partial charge in [0.25, 0.3) is 0 Å². The standard InChI is InChI=1S/C18H24N4O3S2/c1-14(26-18-19-9-12-21(18)2)17(23)20-15-7-6-8-16(13-15)27(24,25)22-10-4-3-5-11-22/h6-9,12-14H,3-5,10-11H2,1-2H3,(H,20,23). The second-order valence-electron chi connectivity index (χ2n) is 6.56. The van der Waals surface area contributed by atoms with Gasteiger partial charge >= 0.3 is 0 Å². The molecule has 1 amide bonds. The van der Waals surface area contributed by atoms with E-state index in [1.54, 1.807) is 31.3 Å². The van der Waals surface area contributed by atoms with Crippen molar-refractivity contribution in [2.45, 2.75) is 41.5 Å². The number of hydrogen-bond acceptors (Lipinski definition) is 5. The lowest BCUT2D eigenvalue weighted by molar-refractivity contribution is -0.115. The average molecular weight is 409 g/mol. The summed E-state index contributed by atoms with van der Waals surface area (Å²) in [4.78, 5) is 16.9. The van der Waals surface area contributed by atoms with Crippen LogP contribution in [0, 0.1) is 0 Å². The van der Waals surface area contributed by atoms with E-state index < -0.39 is 10.0 Å². The molecule has 1 aliphatic rings. The molecular formula is C18H24N4O3S2. The molecule has 0 bridgehead atoms. The van der Waals surface area contributed by atoms with Crippen LogP contribution in [0.15, 0.2) is 46.7 Å². The summed E-state index contributed by atoms with van der Waals surface area (Å²) >= 11 is 1.35. The number of amides is 1. The predicted molar refractivity (Wildman–Crippen MR) is 106 cm³/mol. The number of rotatable bonds is 6. The molecule has 146 valence electrons. The Morgan fingerprint density at radius 2 is 2.00 bits per heavy atom. The summed E-state index contributed by atoms with van der Waals surface area (Å²) in [6.45, 7) is 2.90. The van der Waals surface area contributed by atoms with Gasteiger partial charge in [-0.1, -0.05) is 24.2 Å². The summed E-state index contributed by atoms with van der Waals surface area (Å²) in [5, 5.41) is 3.19. The highest BCUT2D eigenvalue weighted by Crippen LogP contribution is 2.25. The fraction of sp³-hybridized carbons (Fsp3) is 0.444. The van der Waals surface area contributed by atoms with Crippen molar-refractivity contribution in [2.24, 2.45) is 7.05 Å². The third kappa shape index (κ3) is 4.72. The summed E-state index contributed by atoms with van der Waals surface area (Å²) in [5.74, 6) is -0.199. The summed E-state index contributed by atoms with van der Waals surface area (Å²) in [6.07, 6.45) is 6.34. The molecule has 0 saturated carbocycles. The van der Waals surface area contributed by atoms with Crippen molar-refractivity contribution in [1.82, 2.24) is 13.9 Å². The zero-order chi connectivity index (χ0) is 19.4. The lowest BCUT2D eigenvalue weighted by atomic mass is 10.2. The summed E-state index contributed by atoms with van der Waals surface area (Å²) in [7, 11) is -1.65. The molecule has 7 nitrogen and oxygen atoms in total. The van der Waals surface area contributed by atoms with Crippen molar-refractivity contribution in [3.63, 3.8) is 0 Å². The quantitative estimate of drug-likeness (QED) is 0.743. The van der Waals surface area contributed by atoms with E-state index in [4.69, 9.17) is 0 Å². The van der Waals surface area contributed by atoms with E-state index in [0.29, 0.717) is 18.8 Å². The van der Waals surface area contributed by atoms with E-state index in [9.17, 15) is 13.2 Å². The van der Waals surface area contributed by atoms with Gasteiger partial charge in [-0.15, -0.1) is 0 Å². The topological polar surface area (TPSA) is 84.3 Å². The van der Waals surface area contributed by atoms with Crippen molar-refractivity contribution >= 4 is 33.4 Å². The number of hydrogen-bond donors (Lipinski definition) is 1. The first-order valence-corrected chi connectivity index (χ1v) is 11.2. The van der Waals surface area contributed by atoms with Gasteiger partial charge < -0.3 is 9.88 Å². The van der Waals surface area contributed by atoms with Gasteiger partial charge in [0, 0.05) is 38.2 Å². The van der Waals surface area contributed by atoms with Crippen LogP contribution in [0.1, 0.15) is 26.2 Å². The first-order valence-electron chi connectivity index (χ1n) is 8.93. The predicted octanol–water partition coefficient (Wildman–Crippen LogP) is 2.71. The molecular weight excluding hydrogens is 384 g/mol. The Morgan fingerprint density at radius 3 is 2.67 bits per heavy atom. The number of imidazole rings is 1. The monoisotopic (exact) mass is 408 g/mol. The Labute approximate surface area is 164 Å². The number of carbonyl (C=O) groups is 1. The molecule has 9 heteroatoms. The van der Waals surface area contributed by atoms with E-state index in [0.717, 1.165) is 24.4 Å². The van der Waals surface area contributed by atoms with E-state index >= 15 is 0 Å². The van der Waals surface area contributed by atoms with Gasteiger partial charge in [0.15, 0.2) is 5.16 Å². The normalized spacial score (nSPS) is 16.8. The number of piperidine rings is 1. The number of nitrogens with one attached hydrogen (secondary N) is 1. The molecule has 1 fully saturated rings. The van der Waals surface area contributed by atoms with Crippen LogP contribution in [-0.4, -0.2) is 46.5 Å². The third-order valence-electron chi connectivity index (χ3n) is 4.48. The molecule has 3 rings (SSSR count). The van der Waals surface area contributed by atoms with Crippen LogP contribution in [0.4, 0.5) is 5.69 Å². The highest BCUT2D eigenvalue weighted by molar-refractivity contribution is 8.00. The van der Waals surface area contributed by atoms with Crippen molar-refractivity contribution in [1.29, 1.82) is 0 Å². The minimum Gasteiger partial charge on any atom is -0.329 e. The molecule has 0 radical (unpaired) electrons. The van der Waals surface area contributed by atoms with Crippen molar-refractivity contribution in [2.75, 3.05) is 18.4 Å². The van der Waals surface area contributed by atoms with E-state index in [-0.39, 0.29) is 16.1 Å². The molecule has 0 aliphatic carbocycles. The van der Waals surface area contributed by atoms with Crippen LogP contribution in [0.25, 0.3) is 0 Å². The van der Waals surface area contributed by atoms with Crippen molar-refractivity contribution in [3.05, 3.63) is 36.7 Å². The van der Waals surface area contributed by atoms with Gasteiger partial charge in [0.2, 0.25) is 15.9 Å². The molecule has 2 aromatic rings. The number of carbonyl (C=O) groups excluding carboxylic acids is 1. The molecule has 2 heterocycles. The van der Waals surface area contributed by atoms with Crippen LogP contribution in [-0.2, 0) is 21.9 Å². The van der Waals surface area contributed by atoms with Gasteiger partial charge in [-0.2, -0.15) is 4.31 Å². The maximum absolute atomic E-state index is 12.8. The van der Waals surface area contributed by atoms with Crippen molar-refractivity contribution < 1.29 is 13.2 Å². The fourth-order valence-corrected chi connectivity index (χ4v) is 5.30. The Bertz CT molecular complexity index is 905. The molecule has 1 N–H and O–H groups in total. The number of aromatic nitrogens is 2. The molecule has 1 aromatic carbocycles. The van der Waals surface area contributed by atoms with Gasteiger partial charge in [0.05, 0.1) is 10.1 Å². The maximum atomic E-state index is 12.8. The Hall–Kier alpha value is -1.84. The van der Waals surface area contributed by atoms with E-state index in [1.807, 2.05) is 17.8 Å². The van der Waals surface area contributed by atoms with Crippen molar-refractivity contribution in [3.8, 4) is 0 Å². The van der Waals surface area contributed by atoms with Gasteiger partial charge in [-0.05, 0) is 38.0 Å². The largest absolute Gasteiger partial charge is 0.329 e. The second-order valence-corrected chi connectivity index (χ2v) is 9.81. The fourth-order valence-electron chi connectivity index (χ4n) is 2.91. The molecule has 1 aromatic heterocycles. The second kappa shape index (κ2) is 8.45. The first-order chi connectivity index (χ1) is 12.9. The smallest absolute Gasteiger partial charge is 0.243 e. The molecule has 1 aliphatic heterocycles. The highest BCUT2D eigenvalue weighted by atomic mass is 32.2. The maximum Gasteiger partial charge on any atom is 0.243 e. The van der Waals surface area contributed by atoms with Gasteiger partial charge in [-0.3, -0.25) is 4.79 Å². The number of sulfonamides is 1. The summed E-state index contributed by atoms with van der Waals surface area (Å²) < 4.78 is 29.0. The van der Waals surface area contributed by atoms with Crippen LogP contribution >= 0.6 is 11.8 Å². The molecule has 1 atom stereocenters. The zero-order valence-electron chi connectivity index (χ0n) is 15.5. The number of thioether (sulfide) groups is 1. The highest BCUT2D eigenvalue weighted by Gasteiger charge is 2.26. The Balaban J connectivity index is 1.70. The third-order valence-corrected chi connectivity index (χ3v) is 7.55. The summed E-state index contributed by atoms with van der Waals surface area (Å²) in [5.41, 5.74) is 0.477. The number of aryl methyl sites for hydroxylation is 1. The average Bonchev–Trinajstić information content (AvgIpc) is 3.07. The molecule has 0 spiro atoms. The van der Waals surface area contributed by atoms with E-state index in [1.165, 1.54) is 22.1 Å². The first kappa shape index (κ1) is 19.9. The zero-order valence-corrected chi connectivity index (χ0v) is 17.1. The van der Waals surface area contributed by atoms with Crippen LogP contribution in [0.2, 0.25) is 0 Å². The summed E-state index contributed by atoms with van der Waals surface area (Å²) in [6, 6.07) is 6.46. The van der Waals surface area contributed by atoms with E-state index in [2.05, 4.69) is 10.3 Å². The molecule has 1 unspecified atom stereocenters. The molecule has 1 saturated heterocycles. The Morgan fingerprint density at radius 1 is 1.26 bits per heavy atom. The Kier molecular flexibility index (Phi) is 6.23. The van der Waals surface area contributed by atoms with Gasteiger partial charge in [-0.25, -0.2) is 13.4 Å². The lowest BCUT2D eigenvalue weighted by Crippen LogP contribution is -2.35.